The molecule has 0 saturated heterocycles. The largest absolute Gasteiger partial charge is 0.417 e. The molecule has 224 valence electrons. The minimum Gasteiger partial charge on any atom is -0.331 e. The van der Waals surface area contributed by atoms with Crippen LogP contribution in [0.1, 0.15) is 34.1 Å². The molecule has 5 aromatic rings. The summed E-state index contributed by atoms with van der Waals surface area (Å²) in [4.78, 5) is 24.2. The van der Waals surface area contributed by atoms with Gasteiger partial charge in [-0.2, -0.15) is 18.3 Å². The number of aromatic nitrogens is 5. The van der Waals surface area contributed by atoms with Crippen molar-refractivity contribution in [2.24, 2.45) is 0 Å². The number of anilines is 1. The molecule has 1 unspecified atom stereocenters. The summed E-state index contributed by atoms with van der Waals surface area (Å²) in [5.74, 6) is -0.591. The van der Waals surface area contributed by atoms with Crippen molar-refractivity contribution < 1.29 is 22.4 Å². The number of fused-ring (bicyclic) bond motifs is 2. The van der Waals surface area contributed by atoms with Crippen LogP contribution in [0.3, 0.4) is 0 Å². The number of rotatable bonds is 8. The normalized spacial score (nSPS) is 15.8. The van der Waals surface area contributed by atoms with Crippen molar-refractivity contribution in [3.63, 3.8) is 0 Å². The van der Waals surface area contributed by atoms with E-state index in [2.05, 4.69) is 25.3 Å². The van der Waals surface area contributed by atoms with Gasteiger partial charge in [-0.3, -0.25) is 14.8 Å². The molecule has 0 spiro atoms. The lowest BCUT2D eigenvalue weighted by molar-refractivity contribution is -0.136. The molecule has 1 aliphatic heterocycles. The Balaban J connectivity index is 1.48. The van der Waals surface area contributed by atoms with Crippen molar-refractivity contribution in [2.45, 2.75) is 44.7 Å². The number of halogens is 4. The molecule has 4 heterocycles. The molecule has 0 saturated carbocycles. The summed E-state index contributed by atoms with van der Waals surface area (Å²) >= 11 is 1.20. The summed E-state index contributed by atoms with van der Waals surface area (Å²) in [5.41, 5.74) is 2.66. The van der Waals surface area contributed by atoms with E-state index in [1.54, 1.807) is 16.9 Å². The second-order valence-electron chi connectivity index (χ2n) is 11.0. The van der Waals surface area contributed by atoms with Crippen molar-refractivity contribution in [3.05, 3.63) is 82.5 Å². The van der Waals surface area contributed by atoms with E-state index in [4.69, 9.17) is 0 Å². The fourth-order valence-electron chi connectivity index (χ4n) is 5.54. The van der Waals surface area contributed by atoms with Crippen LogP contribution in [0.25, 0.3) is 22.0 Å². The molecule has 8 nitrogen and oxygen atoms in total. The standard InChI is InChI=1S/C30H29F4N7OS/c1-17-21(19-6-4-18(5-7-19)8-10-39(2)3)13-23(30(32,33)34)22-15-41(38-25(17)22)27(28(42)37-29-35-9-11-43-29)26-24-12-20(31)14-40(24)16-36-26/h4-7,9,11,13,15-16,20,27H,8,10,12,14H2,1-3H3,(H,35,37,42)/t20-,27?/m1/s1. The molecule has 1 amide bonds. The predicted molar refractivity (Wildman–Crippen MR) is 157 cm³/mol. The number of nitrogens with zero attached hydrogens (tertiary/aromatic N) is 6. The van der Waals surface area contributed by atoms with E-state index in [1.807, 2.05) is 38.4 Å². The number of likely N-dealkylation sites (N-methyl/N-ethyl adjacent to an activating group) is 1. The molecule has 0 radical (unpaired) electrons. The van der Waals surface area contributed by atoms with Crippen molar-refractivity contribution in [2.75, 3.05) is 26.0 Å². The highest BCUT2D eigenvalue weighted by atomic mass is 32.1. The highest BCUT2D eigenvalue weighted by Gasteiger charge is 2.38. The van der Waals surface area contributed by atoms with Gasteiger partial charge in [-0.15, -0.1) is 11.3 Å². The SMILES string of the molecule is Cc1c(-c2ccc(CCN(C)C)cc2)cc(C(F)(F)F)c2cn(C(C(=O)Nc3nccs3)c3ncn4c3C[C@@H](F)C4)nc12. The zero-order valence-electron chi connectivity index (χ0n) is 23.7. The second kappa shape index (κ2) is 11.2. The van der Waals surface area contributed by atoms with Gasteiger partial charge in [0.05, 0.1) is 29.6 Å². The molecule has 3 aromatic heterocycles. The number of hydrogen-bond acceptors (Lipinski definition) is 6. The van der Waals surface area contributed by atoms with Gasteiger partial charge in [0.1, 0.15) is 6.17 Å². The van der Waals surface area contributed by atoms with E-state index in [9.17, 15) is 22.4 Å². The first-order valence-electron chi connectivity index (χ1n) is 13.7. The third kappa shape index (κ3) is 5.66. The third-order valence-corrected chi connectivity index (χ3v) is 8.40. The lowest BCUT2D eigenvalue weighted by atomic mass is 9.94. The number of carbonyl (C=O) groups is 1. The van der Waals surface area contributed by atoms with Crippen molar-refractivity contribution >= 4 is 33.3 Å². The van der Waals surface area contributed by atoms with Gasteiger partial charge < -0.3 is 9.47 Å². The lowest BCUT2D eigenvalue weighted by Gasteiger charge is -2.16. The molecule has 0 bridgehead atoms. The maximum absolute atomic E-state index is 14.5. The summed E-state index contributed by atoms with van der Waals surface area (Å²) < 4.78 is 60.7. The molecular formula is C30H29F4N7OS. The minimum absolute atomic E-state index is 0.0403. The Hall–Kier alpha value is -4.10. The van der Waals surface area contributed by atoms with Gasteiger partial charge in [0, 0.05) is 41.8 Å². The first-order chi connectivity index (χ1) is 20.5. The number of benzene rings is 2. The third-order valence-electron chi connectivity index (χ3n) is 7.71. The Kier molecular flexibility index (Phi) is 7.55. The van der Waals surface area contributed by atoms with Crippen LogP contribution in [-0.4, -0.2) is 61.9 Å². The van der Waals surface area contributed by atoms with Gasteiger partial charge >= 0.3 is 6.18 Å². The van der Waals surface area contributed by atoms with E-state index in [-0.39, 0.29) is 29.6 Å². The molecule has 43 heavy (non-hydrogen) atoms. The molecule has 0 aliphatic carbocycles. The number of amides is 1. The zero-order chi connectivity index (χ0) is 30.5. The number of aryl methyl sites for hydroxylation is 1. The first kappa shape index (κ1) is 29.0. The summed E-state index contributed by atoms with van der Waals surface area (Å²) in [5, 5.41) is 9.16. The summed E-state index contributed by atoms with van der Waals surface area (Å²) in [6.45, 7) is 2.67. The Labute approximate surface area is 249 Å². The van der Waals surface area contributed by atoms with E-state index < -0.39 is 29.9 Å². The van der Waals surface area contributed by atoms with Crippen molar-refractivity contribution in [1.82, 2.24) is 29.2 Å². The second-order valence-corrected chi connectivity index (χ2v) is 11.9. The smallest absolute Gasteiger partial charge is 0.331 e. The predicted octanol–water partition coefficient (Wildman–Crippen LogP) is 5.91. The van der Waals surface area contributed by atoms with Crippen LogP contribution in [0.5, 0.6) is 0 Å². The molecular weight excluding hydrogens is 582 g/mol. The van der Waals surface area contributed by atoms with E-state index in [1.165, 1.54) is 34.7 Å². The number of carbonyl (C=O) groups excluding carboxylic acids is 1. The van der Waals surface area contributed by atoms with Crippen molar-refractivity contribution in [1.29, 1.82) is 0 Å². The van der Waals surface area contributed by atoms with Crippen LogP contribution in [0.2, 0.25) is 0 Å². The molecule has 1 aliphatic rings. The van der Waals surface area contributed by atoms with Crippen LogP contribution in [0, 0.1) is 6.92 Å². The fourth-order valence-corrected chi connectivity index (χ4v) is 6.07. The number of alkyl halides is 4. The van der Waals surface area contributed by atoms with Crippen LogP contribution in [0.4, 0.5) is 22.7 Å². The monoisotopic (exact) mass is 611 g/mol. The Morgan fingerprint density at radius 1 is 1.21 bits per heavy atom. The van der Waals surface area contributed by atoms with Gasteiger partial charge in [-0.1, -0.05) is 24.3 Å². The Morgan fingerprint density at radius 2 is 1.98 bits per heavy atom. The van der Waals surface area contributed by atoms with Gasteiger partial charge in [-0.05, 0) is 55.8 Å². The molecule has 1 N–H and O–H groups in total. The number of nitrogens with one attached hydrogen (secondary N) is 1. The first-order valence-corrected chi connectivity index (χ1v) is 14.6. The Morgan fingerprint density at radius 3 is 2.65 bits per heavy atom. The lowest BCUT2D eigenvalue weighted by Crippen LogP contribution is -2.28. The number of imidazole rings is 1. The highest BCUT2D eigenvalue weighted by molar-refractivity contribution is 7.13. The molecule has 0 fully saturated rings. The molecule has 2 aromatic carbocycles. The highest BCUT2D eigenvalue weighted by Crippen LogP contribution is 2.41. The van der Waals surface area contributed by atoms with Gasteiger partial charge in [0.2, 0.25) is 0 Å². The fraction of sp³-hybridized carbons (Fsp3) is 0.333. The van der Waals surface area contributed by atoms with Crippen molar-refractivity contribution in [3.8, 4) is 11.1 Å². The number of hydrogen-bond donors (Lipinski definition) is 1. The Bertz CT molecular complexity index is 1770. The number of thiazole rings is 1. The summed E-state index contributed by atoms with van der Waals surface area (Å²) in [6, 6.07) is 7.38. The maximum Gasteiger partial charge on any atom is 0.417 e. The molecule has 6 rings (SSSR count). The van der Waals surface area contributed by atoms with Gasteiger partial charge in [-0.25, -0.2) is 14.4 Å². The van der Waals surface area contributed by atoms with Gasteiger partial charge in [0.25, 0.3) is 5.91 Å². The zero-order valence-corrected chi connectivity index (χ0v) is 24.5. The van der Waals surface area contributed by atoms with E-state index >= 15 is 0 Å². The summed E-state index contributed by atoms with van der Waals surface area (Å²) in [6.07, 6.45) is -0.770. The van der Waals surface area contributed by atoms with Crippen LogP contribution < -0.4 is 5.32 Å². The van der Waals surface area contributed by atoms with Crippen LogP contribution >= 0.6 is 11.3 Å². The molecule has 2 atom stereocenters. The van der Waals surface area contributed by atoms with Crippen LogP contribution in [-0.2, 0) is 30.4 Å². The maximum atomic E-state index is 14.5. The van der Waals surface area contributed by atoms with Gasteiger partial charge in [0.15, 0.2) is 11.2 Å². The minimum atomic E-state index is -4.68. The van der Waals surface area contributed by atoms with E-state index in [0.717, 1.165) is 24.6 Å². The van der Waals surface area contributed by atoms with Crippen LogP contribution in [0.15, 0.2) is 54.4 Å². The van der Waals surface area contributed by atoms with E-state index in [0.29, 0.717) is 27.5 Å². The average Bonchev–Trinajstić information content (AvgIpc) is 3.74. The topological polar surface area (TPSA) is 80.9 Å². The average molecular weight is 612 g/mol. The molecule has 13 heteroatoms. The quantitative estimate of drug-likeness (QED) is 0.221. The summed E-state index contributed by atoms with van der Waals surface area (Å²) in [7, 11) is 3.96.